The smallest absolute Gasteiger partial charge is 0.0785 e. The number of nitrogens with zero attached hydrogens (tertiary/aromatic N) is 1. The SMILES string of the molecule is COCC(O)CCN1CCCCCC1. The van der Waals surface area contributed by atoms with E-state index in [4.69, 9.17) is 4.74 Å². The van der Waals surface area contributed by atoms with Crippen LogP contribution in [0.15, 0.2) is 0 Å². The van der Waals surface area contributed by atoms with E-state index in [2.05, 4.69) is 4.90 Å². The highest BCUT2D eigenvalue weighted by molar-refractivity contribution is 4.65. The molecule has 1 rings (SSSR count). The average molecular weight is 201 g/mol. The number of hydrogen-bond donors (Lipinski definition) is 1. The summed E-state index contributed by atoms with van der Waals surface area (Å²) >= 11 is 0. The molecule has 0 aromatic rings. The van der Waals surface area contributed by atoms with Crippen LogP contribution in [-0.4, -0.2) is 49.5 Å². The van der Waals surface area contributed by atoms with Crippen LogP contribution in [0.3, 0.4) is 0 Å². The van der Waals surface area contributed by atoms with Crippen LogP contribution < -0.4 is 0 Å². The van der Waals surface area contributed by atoms with Gasteiger partial charge in [0.15, 0.2) is 0 Å². The van der Waals surface area contributed by atoms with Gasteiger partial charge in [-0.2, -0.15) is 0 Å². The monoisotopic (exact) mass is 201 g/mol. The fraction of sp³-hybridized carbons (Fsp3) is 1.00. The Balaban J connectivity index is 2.09. The molecule has 1 unspecified atom stereocenters. The molecule has 0 spiro atoms. The molecule has 1 aliphatic heterocycles. The molecular weight excluding hydrogens is 178 g/mol. The summed E-state index contributed by atoms with van der Waals surface area (Å²) in [5.74, 6) is 0. The quantitative estimate of drug-likeness (QED) is 0.727. The number of aliphatic hydroxyl groups excluding tert-OH is 1. The molecule has 1 heterocycles. The maximum absolute atomic E-state index is 9.50. The van der Waals surface area contributed by atoms with Crippen LogP contribution in [0.4, 0.5) is 0 Å². The van der Waals surface area contributed by atoms with Gasteiger partial charge in [0.2, 0.25) is 0 Å². The van der Waals surface area contributed by atoms with Crippen molar-refractivity contribution in [3.8, 4) is 0 Å². The molecule has 0 radical (unpaired) electrons. The molecular formula is C11H23NO2. The van der Waals surface area contributed by atoms with Crippen molar-refractivity contribution in [2.24, 2.45) is 0 Å². The number of methoxy groups -OCH3 is 1. The van der Waals surface area contributed by atoms with Gasteiger partial charge in [-0.25, -0.2) is 0 Å². The predicted molar refractivity (Wildman–Crippen MR) is 57.4 cm³/mol. The first kappa shape index (κ1) is 12.0. The lowest BCUT2D eigenvalue weighted by Gasteiger charge is -2.21. The summed E-state index contributed by atoms with van der Waals surface area (Å²) in [4.78, 5) is 2.46. The topological polar surface area (TPSA) is 32.7 Å². The minimum Gasteiger partial charge on any atom is -0.391 e. The highest BCUT2D eigenvalue weighted by atomic mass is 16.5. The van der Waals surface area contributed by atoms with Crippen molar-refractivity contribution < 1.29 is 9.84 Å². The molecule has 1 saturated heterocycles. The van der Waals surface area contributed by atoms with Gasteiger partial charge in [-0.15, -0.1) is 0 Å². The molecule has 0 aliphatic carbocycles. The Bertz CT molecular complexity index is 133. The molecule has 0 amide bonds. The summed E-state index contributed by atoms with van der Waals surface area (Å²) in [6, 6.07) is 0. The minimum atomic E-state index is -0.289. The van der Waals surface area contributed by atoms with Gasteiger partial charge in [-0.3, -0.25) is 0 Å². The van der Waals surface area contributed by atoms with Crippen molar-refractivity contribution in [2.45, 2.75) is 38.2 Å². The van der Waals surface area contributed by atoms with Crippen LogP contribution in [0.1, 0.15) is 32.1 Å². The Kier molecular flexibility index (Phi) is 6.15. The van der Waals surface area contributed by atoms with Crippen LogP contribution in [-0.2, 0) is 4.74 Å². The molecule has 3 heteroatoms. The Labute approximate surface area is 87.1 Å². The first-order valence-corrected chi connectivity index (χ1v) is 5.72. The zero-order valence-electron chi connectivity index (χ0n) is 9.24. The molecule has 1 atom stereocenters. The number of rotatable bonds is 5. The van der Waals surface area contributed by atoms with Crippen molar-refractivity contribution in [3.63, 3.8) is 0 Å². The van der Waals surface area contributed by atoms with Crippen molar-refractivity contribution in [2.75, 3.05) is 33.4 Å². The molecule has 0 aromatic heterocycles. The third-order valence-electron chi connectivity index (χ3n) is 2.84. The Hall–Kier alpha value is -0.120. The van der Waals surface area contributed by atoms with Gasteiger partial charge < -0.3 is 14.7 Å². The van der Waals surface area contributed by atoms with Crippen LogP contribution in [0.2, 0.25) is 0 Å². The summed E-state index contributed by atoms with van der Waals surface area (Å²) in [5.41, 5.74) is 0. The summed E-state index contributed by atoms with van der Waals surface area (Å²) in [5, 5.41) is 9.50. The highest BCUT2D eigenvalue weighted by Crippen LogP contribution is 2.10. The molecule has 14 heavy (non-hydrogen) atoms. The second kappa shape index (κ2) is 7.21. The number of ether oxygens (including phenoxy) is 1. The molecule has 0 saturated carbocycles. The predicted octanol–water partition coefficient (Wildman–Crippen LogP) is 1.26. The number of hydrogen-bond acceptors (Lipinski definition) is 3. The third-order valence-corrected chi connectivity index (χ3v) is 2.84. The molecule has 0 aromatic carbocycles. The van der Waals surface area contributed by atoms with E-state index in [1.54, 1.807) is 7.11 Å². The van der Waals surface area contributed by atoms with E-state index in [1.807, 2.05) is 0 Å². The molecule has 3 nitrogen and oxygen atoms in total. The summed E-state index contributed by atoms with van der Waals surface area (Å²) < 4.78 is 4.90. The second-order valence-corrected chi connectivity index (χ2v) is 4.15. The van der Waals surface area contributed by atoms with Gasteiger partial charge in [0.25, 0.3) is 0 Å². The van der Waals surface area contributed by atoms with E-state index < -0.39 is 0 Å². The zero-order valence-corrected chi connectivity index (χ0v) is 9.24. The zero-order chi connectivity index (χ0) is 10.2. The van der Waals surface area contributed by atoms with E-state index in [9.17, 15) is 5.11 Å². The Morgan fingerprint density at radius 1 is 1.21 bits per heavy atom. The maximum atomic E-state index is 9.50. The molecule has 1 aliphatic rings. The lowest BCUT2D eigenvalue weighted by molar-refractivity contribution is 0.0518. The van der Waals surface area contributed by atoms with Gasteiger partial charge in [0.1, 0.15) is 0 Å². The first-order chi connectivity index (χ1) is 6.83. The highest BCUT2D eigenvalue weighted by Gasteiger charge is 2.10. The Morgan fingerprint density at radius 3 is 2.43 bits per heavy atom. The van der Waals surface area contributed by atoms with E-state index in [0.29, 0.717) is 6.61 Å². The van der Waals surface area contributed by atoms with Crippen molar-refractivity contribution in [3.05, 3.63) is 0 Å². The van der Waals surface area contributed by atoms with Gasteiger partial charge in [0, 0.05) is 13.7 Å². The van der Waals surface area contributed by atoms with Crippen molar-refractivity contribution in [1.82, 2.24) is 4.90 Å². The average Bonchev–Trinajstić information content (AvgIpc) is 2.43. The van der Waals surface area contributed by atoms with E-state index in [1.165, 1.54) is 38.8 Å². The fourth-order valence-corrected chi connectivity index (χ4v) is 1.97. The van der Waals surface area contributed by atoms with Crippen molar-refractivity contribution in [1.29, 1.82) is 0 Å². The molecule has 84 valence electrons. The van der Waals surface area contributed by atoms with Gasteiger partial charge in [-0.05, 0) is 32.4 Å². The first-order valence-electron chi connectivity index (χ1n) is 5.72. The van der Waals surface area contributed by atoms with Crippen LogP contribution >= 0.6 is 0 Å². The molecule has 1 N–H and O–H groups in total. The standard InChI is InChI=1S/C11H23NO2/c1-14-10-11(13)6-9-12-7-4-2-3-5-8-12/h11,13H,2-10H2,1H3. The lowest BCUT2D eigenvalue weighted by atomic mass is 10.2. The van der Waals surface area contributed by atoms with E-state index in [0.717, 1.165) is 13.0 Å². The fourth-order valence-electron chi connectivity index (χ4n) is 1.97. The van der Waals surface area contributed by atoms with Gasteiger partial charge in [0.05, 0.1) is 12.7 Å². The van der Waals surface area contributed by atoms with Gasteiger partial charge in [-0.1, -0.05) is 12.8 Å². The summed E-state index contributed by atoms with van der Waals surface area (Å²) in [7, 11) is 1.63. The summed E-state index contributed by atoms with van der Waals surface area (Å²) in [6.45, 7) is 3.90. The number of likely N-dealkylation sites (tertiary alicyclic amines) is 1. The lowest BCUT2D eigenvalue weighted by Crippen LogP contribution is -2.29. The van der Waals surface area contributed by atoms with Gasteiger partial charge >= 0.3 is 0 Å². The molecule has 0 bridgehead atoms. The van der Waals surface area contributed by atoms with Crippen LogP contribution in [0.25, 0.3) is 0 Å². The minimum absolute atomic E-state index is 0.289. The normalized spacial score (nSPS) is 21.9. The van der Waals surface area contributed by atoms with Crippen molar-refractivity contribution >= 4 is 0 Å². The van der Waals surface area contributed by atoms with Crippen LogP contribution in [0.5, 0.6) is 0 Å². The largest absolute Gasteiger partial charge is 0.391 e. The van der Waals surface area contributed by atoms with E-state index >= 15 is 0 Å². The maximum Gasteiger partial charge on any atom is 0.0785 e. The van der Waals surface area contributed by atoms with Crippen LogP contribution in [0, 0.1) is 0 Å². The Morgan fingerprint density at radius 2 is 1.86 bits per heavy atom. The second-order valence-electron chi connectivity index (χ2n) is 4.15. The summed E-state index contributed by atoms with van der Waals surface area (Å²) in [6.07, 6.45) is 5.94. The molecule has 1 fully saturated rings. The number of aliphatic hydroxyl groups is 1. The van der Waals surface area contributed by atoms with E-state index in [-0.39, 0.29) is 6.10 Å². The third kappa shape index (κ3) is 4.94.